The highest BCUT2D eigenvalue weighted by Gasteiger charge is 2.72. The van der Waals surface area contributed by atoms with E-state index in [0.29, 0.717) is 12.8 Å². The number of alkyl halides is 7. The highest BCUT2D eigenvalue weighted by atomic mass is 31.2. The zero-order valence-electron chi connectivity index (χ0n) is 17.9. The smallest absolute Gasteiger partial charge is 0.324 e. The third-order valence-electron chi connectivity index (χ3n) is 5.26. The second kappa shape index (κ2) is 14.7. The van der Waals surface area contributed by atoms with Crippen LogP contribution >= 0.6 is 7.60 Å². The summed E-state index contributed by atoms with van der Waals surface area (Å²) in [7, 11) is -3.87. The Labute approximate surface area is 180 Å². The molecule has 31 heavy (non-hydrogen) atoms. The fourth-order valence-electron chi connectivity index (χ4n) is 3.33. The first-order chi connectivity index (χ1) is 14.2. The van der Waals surface area contributed by atoms with Gasteiger partial charge in [0, 0.05) is 12.6 Å². The number of hydrogen-bond acceptors (Lipinski definition) is 1. The Bertz CT molecular complexity index is 507. The van der Waals surface area contributed by atoms with Gasteiger partial charge in [-0.25, -0.2) is 0 Å². The summed E-state index contributed by atoms with van der Waals surface area (Å²) in [5.41, 5.74) is 0. The molecule has 0 atom stereocenters. The maximum atomic E-state index is 13.1. The largest absolute Gasteiger partial charge is 0.459 e. The van der Waals surface area contributed by atoms with E-state index in [2.05, 4.69) is 0 Å². The van der Waals surface area contributed by atoms with Crippen molar-refractivity contribution in [3.63, 3.8) is 0 Å². The first-order valence-corrected chi connectivity index (χ1v) is 12.9. The number of hydrogen-bond donors (Lipinski definition) is 2. The maximum Gasteiger partial charge on any atom is 0.459 e. The minimum Gasteiger partial charge on any atom is -0.324 e. The van der Waals surface area contributed by atoms with Crippen LogP contribution in [0.15, 0.2) is 0 Å². The van der Waals surface area contributed by atoms with Crippen molar-refractivity contribution in [2.75, 3.05) is 6.16 Å². The molecule has 0 saturated heterocycles. The van der Waals surface area contributed by atoms with Gasteiger partial charge in [0.15, 0.2) is 0 Å². The van der Waals surface area contributed by atoms with Gasteiger partial charge in [0.25, 0.3) is 0 Å². The Kier molecular flexibility index (Phi) is 14.6. The Morgan fingerprint density at radius 2 is 0.806 bits per heavy atom. The molecule has 2 N–H and O–H groups in total. The highest BCUT2D eigenvalue weighted by molar-refractivity contribution is 7.51. The predicted octanol–water partition coefficient (Wildman–Crippen LogP) is 8.24. The average Bonchev–Trinajstić information content (AvgIpc) is 2.62. The average molecular weight is 488 g/mol. The summed E-state index contributed by atoms with van der Waals surface area (Å²) in [5.74, 6) is -11.1. The zero-order chi connectivity index (χ0) is 24.0. The van der Waals surface area contributed by atoms with Crippen LogP contribution in [0.2, 0.25) is 0 Å². The van der Waals surface area contributed by atoms with Gasteiger partial charge < -0.3 is 9.79 Å². The summed E-state index contributed by atoms with van der Waals surface area (Å²) in [6.07, 6.45) is 4.04. The SMILES string of the molecule is O=P(O)(O)CCCCCCCCCCCCCCCCCC(F)(F)C(F)(F)C(F)(F)F. The normalized spacial score (nSPS) is 13.7. The first-order valence-electron chi connectivity index (χ1n) is 11.1. The van der Waals surface area contributed by atoms with Crippen LogP contribution in [0, 0.1) is 0 Å². The van der Waals surface area contributed by atoms with Crippen molar-refractivity contribution < 1.29 is 45.1 Å². The molecular weight excluding hydrogens is 452 g/mol. The lowest BCUT2D eigenvalue weighted by molar-refractivity contribution is -0.355. The molecule has 0 aliphatic carbocycles. The molecule has 0 aromatic rings. The van der Waals surface area contributed by atoms with Gasteiger partial charge in [-0.1, -0.05) is 83.5 Å². The molecule has 0 saturated carbocycles. The predicted molar refractivity (Wildman–Crippen MR) is 107 cm³/mol. The first kappa shape index (κ1) is 30.7. The fourth-order valence-corrected chi connectivity index (χ4v) is 3.96. The zero-order valence-corrected chi connectivity index (χ0v) is 18.8. The molecule has 0 spiro atoms. The van der Waals surface area contributed by atoms with E-state index in [-0.39, 0.29) is 19.0 Å². The van der Waals surface area contributed by atoms with Crippen LogP contribution in [0.3, 0.4) is 0 Å². The molecule has 188 valence electrons. The van der Waals surface area contributed by atoms with Crippen LogP contribution in [0.5, 0.6) is 0 Å². The monoisotopic (exact) mass is 488 g/mol. The van der Waals surface area contributed by atoms with Crippen molar-refractivity contribution in [3.8, 4) is 0 Å². The molecule has 11 heteroatoms. The van der Waals surface area contributed by atoms with Crippen LogP contribution < -0.4 is 0 Å². The summed E-state index contributed by atoms with van der Waals surface area (Å²) in [4.78, 5) is 17.5. The van der Waals surface area contributed by atoms with Crippen molar-refractivity contribution in [2.45, 2.75) is 121 Å². The molecular formula is C20H36F7O3P. The molecule has 0 bridgehead atoms. The molecule has 0 aromatic carbocycles. The van der Waals surface area contributed by atoms with Crippen molar-refractivity contribution in [1.82, 2.24) is 0 Å². The molecule has 0 aliphatic rings. The van der Waals surface area contributed by atoms with E-state index in [1.165, 1.54) is 0 Å². The van der Waals surface area contributed by atoms with Crippen LogP contribution in [-0.4, -0.2) is 34.0 Å². The molecule has 0 aliphatic heterocycles. The lowest BCUT2D eigenvalue weighted by Gasteiger charge is -2.28. The van der Waals surface area contributed by atoms with Gasteiger partial charge in [-0.15, -0.1) is 0 Å². The highest BCUT2D eigenvalue weighted by Crippen LogP contribution is 2.48. The molecule has 0 fully saturated rings. The van der Waals surface area contributed by atoms with E-state index in [1.54, 1.807) is 0 Å². The van der Waals surface area contributed by atoms with E-state index in [4.69, 9.17) is 9.79 Å². The molecule has 0 aromatic heterocycles. The van der Waals surface area contributed by atoms with E-state index in [1.807, 2.05) is 0 Å². The minimum atomic E-state index is -6.25. The lowest BCUT2D eigenvalue weighted by Crippen LogP contribution is -2.51. The van der Waals surface area contributed by atoms with Gasteiger partial charge in [-0.2, -0.15) is 30.7 Å². The molecule has 0 heterocycles. The second-order valence-corrected chi connectivity index (χ2v) is 9.99. The number of unbranched alkanes of at least 4 members (excludes halogenated alkanes) is 14. The standard InChI is InChI=1S/C20H36F7O3P/c21-18(22,19(23,24)20(25,26)27)16-14-12-10-8-6-4-2-1-3-5-7-9-11-13-15-17-31(28,29)30/h1-17H2,(H2,28,29,30). The summed E-state index contributed by atoms with van der Waals surface area (Å²) in [6, 6.07) is 0. The Balaban J connectivity index is 3.47. The van der Waals surface area contributed by atoms with Gasteiger partial charge in [0.2, 0.25) is 0 Å². The van der Waals surface area contributed by atoms with Gasteiger partial charge in [-0.05, 0) is 12.8 Å². The van der Waals surface area contributed by atoms with E-state index in [9.17, 15) is 35.3 Å². The third kappa shape index (κ3) is 14.4. The van der Waals surface area contributed by atoms with E-state index < -0.39 is 32.0 Å². The molecule has 0 amide bonds. The van der Waals surface area contributed by atoms with Crippen LogP contribution in [0.1, 0.15) is 103 Å². The van der Waals surface area contributed by atoms with Gasteiger partial charge >= 0.3 is 25.6 Å². The van der Waals surface area contributed by atoms with Crippen LogP contribution in [0.25, 0.3) is 0 Å². The lowest BCUT2D eigenvalue weighted by atomic mass is 10.0. The summed E-state index contributed by atoms with van der Waals surface area (Å²) in [6.45, 7) is 0. The minimum absolute atomic E-state index is 0.0481. The summed E-state index contributed by atoms with van der Waals surface area (Å²) >= 11 is 0. The third-order valence-corrected chi connectivity index (χ3v) is 6.15. The number of rotatable bonds is 19. The molecule has 0 unspecified atom stereocenters. The van der Waals surface area contributed by atoms with Gasteiger partial charge in [0.1, 0.15) is 0 Å². The van der Waals surface area contributed by atoms with Crippen LogP contribution in [0.4, 0.5) is 30.7 Å². The van der Waals surface area contributed by atoms with Crippen molar-refractivity contribution in [1.29, 1.82) is 0 Å². The summed E-state index contributed by atoms with van der Waals surface area (Å²) < 4.78 is 98.5. The van der Waals surface area contributed by atoms with Gasteiger partial charge in [-0.3, -0.25) is 4.57 Å². The Morgan fingerprint density at radius 3 is 1.10 bits per heavy atom. The van der Waals surface area contributed by atoms with Crippen molar-refractivity contribution in [2.24, 2.45) is 0 Å². The second-order valence-electron chi connectivity index (χ2n) is 8.22. The quantitative estimate of drug-likeness (QED) is 0.109. The van der Waals surface area contributed by atoms with Crippen LogP contribution in [-0.2, 0) is 4.57 Å². The maximum absolute atomic E-state index is 13.1. The molecule has 0 radical (unpaired) electrons. The van der Waals surface area contributed by atoms with E-state index >= 15 is 0 Å². The van der Waals surface area contributed by atoms with Gasteiger partial charge in [0.05, 0.1) is 0 Å². The molecule has 0 rings (SSSR count). The van der Waals surface area contributed by atoms with Crippen molar-refractivity contribution in [3.05, 3.63) is 0 Å². The Hall–Kier alpha value is -0.340. The van der Waals surface area contributed by atoms with Crippen molar-refractivity contribution >= 4 is 7.60 Å². The molecule has 3 nitrogen and oxygen atoms in total. The fraction of sp³-hybridized carbons (Fsp3) is 1.00. The van der Waals surface area contributed by atoms with E-state index in [0.717, 1.165) is 70.6 Å². The Morgan fingerprint density at radius 1 is 0.516 bits per heavy atom. The topological polar surface area (TPSA) is 57.5 Å². The number of halogens is 7. The summed E-state index contributed by atoms with van der Waals surface area (Å²) in [5, 5.41) is 0.